The Hall–Kier alpha value is -1.53. The topological polar surface area (TPSA) is 50.4 Å². The van der Waals surface area contributed by atoms with Crippen LogP contribution in [0.25, 0.3) is 0 Å². The first-order chi connectivity index (χ1) is 10.1. The molecule has 1 aromatic carbocycles. The van der Waals surface area contributed by atoms with Gasteiger partial charge in [-0.05, 0) is 44.1 Å². The number of carbonyl (C=O) groups is 1. The van der Waals surface area contributed by atoms with Crippen LogP contribution in [-0.4, -0.2) is 39.3 Å². The summed E-state index contributed by atoms with van der Waals surface area (Å²) in [6.45, 7) is 2.62. The molecule has 116 valence electrons. The Morgan fingerprint density at radius 1 is 1.38 bits per heavy atom. The molecule has 0 spiro atoms. The van der Waals surface area contributed by atoms with Crippen LogP contribution >= 0.6 is 0 Å². The molecule has 0 radical (unpaired) electrons. The van der Waals surface area contributed by atoms with E-state index in [-0.39, 0.29) is 11.0 Å². The van der Waals surface area contributed by atoms with Crippen molar-refractivity contribution < 1.29 is 18.3 Å². The largest absolute Gasteiger partial charge is 0.384 e. The van der Waals surface area contributed by atoms with Crippen LogP contribution < -0.4 is 10.6 Å². The molecule has 0 unspecified atom stereocenters. The maximum atomic E-state index is 13.6. The maximum Gasteiger partial charge on any atom is 0.254 e. The van der Waals surface area contributed by atoms with Crippen LogP contribution in [0, 0.1) is 17.0 Å². The average molecular weight is 298 g/mol. The number of benzene rings is 1. The summed E-state index contributed by atoms with van der Waals surface area (Å²) in [5, 5.41) is 5.96. The van der Waals surface area contributed by atoms with Gasteiger partial charge in [-0.2, -0.15) is 0 Å². The maximum absolute atomic E-state index is 13.6. The Morgan fingerprint density at radius 3 is 2.76 bits per heavy atom. The summed E-state index contributed by atoms with van der Waals surface area (Å²) in [6.07, 6.45) is 1.74. The second kappa shape index (κ2) is 6.95. The highest BCUT2D eigenvalue weighted by atomic mass is 19.1. The summed E-state index contributed by atoms with van der Waals surface area (Å²) in [6, 6.07) is 2.86. The summed E-state index contributed by atoms with van der Waals surface area (Å²) in [5.74, 6) is -1.95. The molecule has 2 N–H and O–H groups in total. The summed E-state index contributed by atoms with van der Waals surface area (Å²) in [7, 11) is 1.62. The lowest BCUT2D eigenvalue weighted by Gasteiger charge is -2.37. The van der Waals surface area contributed by atoms with Crippen LogP contribution in [0.5, 0.6) is 0 Å². The van der Waals surface area contributed by atoms with Crippen molar-refractivity contribution in [3.63, 3.8) is 0 Å². The minimum absolute atomic E-state index is 0.153. The molecule has 2 rings (SSSR count). The number of ether oxygens (including phenoxy) is 1. The molecule has 1 aliphatic rings. The van der Waals surface area contributed by atoms with Crippen molar-refractivity contribution in [2.75, 3.05) is 33.4 Å². The minimum Gasteiger partial charge on any atom is -0.384 e. The molecule has 1 saturated heterocycles. The number of carbonyl (C=O) groups excluding carboxylic acids is 1. The number of hydrogen-bond donors (Lipinski definition) is 2. The van der Waals surface area contributed by atoms with Crippen molar-refractivity contribution in [3.8, 4) is 0 Å². The molecule has 0 aliphatic carbocycles. The lowest BCUT2D eigenvalue weighted by atomic mass is 9.79. The van der Waals surface area contributed by atoms with E-state index >= 15 is 0 Å². The number of methoxy groups -OCH3 is 1. The summed E-state index contributed by atoms with van der Waals surface area (Å²) >= 11 is 0. The van der Waals surface area contributed by atoms with Crippen LogP contribution in [0.3, 0.4) is 0 Å². The van der Waals surface area contributed by atoms with Crippen LogP contribution in [-0.2, 0) is 4.74 Å². The van der Waals surface area contributed by atoms with E-state index < -0.39 is 17.5 Å². The number of nitrogens with one attached hydrogen (secondary N) is 2. The van der Waals surface area contributed by atoms with Gasteiger partial charge in [0, 0.05) is 19.1 Å². The van der Waals surface area contributed by atoms with Crippen LogP contribution in [0.15, 0.2) is 18.2 Å². The zero-order valence-corrected chi connectivity index (χ0v) is 12.0. The Balaban J connectivity index is 2.03. The monoisotopic (exact) mass is 298 g/mol. The highest BCUT2D eigenvalue weighted by Gasteiger charge is 2.32. The number of rotatable bonds is 5. The van der Waals surface area contributed by atoms with E-state index in [1.165, 1.54) is 0 Å². The first-order valence-corrected chi connectivity index (χ1v) is 6.99. The van der Waals surface area contributed by atoms with Gasteiger partial charge in [0.2, 0.25) is 0 Å². The van der Waals surface area contributed by atoms with Crippen molar-refractivity contribution in [2.24, 2.45) is 5.41 Å². The molecule has 0 atom stereocenters. The number of amides is 1. The normalized spacial score (nSPS) is 17.5. The van der Waals surface area contributed by atoms with E-state index in [0.29, 0.717) is 13.2 Å². The number of piperidine rings is 1. The molecule has 1 amide bonds. The first kappa shape index (κ1) is 15.9. The molecule has 4 nitrogen and oxygen atoms in total. The zero-order chi connectivity index (χ0) is 15.3. The van der Waals surface area contributed by atoms with Crippen molar-refractivity contribution in [2.45, 2.75) is 12.8 Å². The smallest absolute Gasteiger partial charge is 0.254 e. The van der Waals surface area contributed by atoms with Gasteiger partial charge >= 0.3 is 0 Å². The van der Waals surface area contributed by atoms with Crippen molar-refractivity contribution in [3.05, 3.63) is 35.4 Å². The molecular formula is C15H20F2N2O2. The first-order valence-electron chi connectivity index (χ1n) is 6.99. The van der Waals surface area contributed by atoms with E-state index in [2.05, 4.69) is 10.6 Å². The molecular weight excluding hydrogens is 278 g/mol. The third-order valence-electron chi connectivity index (χ3n) is 3.91. The molecule has 0 bridgehead atoms. The predicted molar refractivity (Wildman–Crippen MR) is 75.1 cm³/mol. The highest BCUT2D eigenvalue weighted by molar-refractivity contribution is 5.94. The zero-order valence-electron chi connectivity index (χ0n) is 12.0. The van der Waals surface area contributed by atoms with Gasteiger partial charge in [-0.3, -0.25) is 4.79 Å². The van der Waals surface area contributed by atoms with Gasteiger partial charge in [-0.25, -0.2) is 8.78 Å². The fourth-order valence-corrected chi connectivity index (χ4v) is 2.67. The van der Waals surface area contributed by atoms with Gasteiger partial charge in [-0.1, -0.05) is 0 Å². The van der Waals surface area contributed by atoms with Gasteiger partial charge in [0.25, 0.3) is 5.91 Å². The molecule has 1 aromatic rings. The Bertz CT molecular complexity index is 497. The molecule has 1 aliphatic heterocycles. The summed E-state index contributed by atoms with van der Waals surface area (Å²) in [5.41, 5.74) is -0.420. The predicted octanol–water partition coefficient (Wildman–Crippen LogP) is 1.71. The number of hydrogen-bond acceptors (Lipinski definition) is 3. The van der Waals surface area contributed by atoms with Gasteiger partial charge in [0.05, 0.1) is 12.2 Å². The van der Waals surface area contributed by atoms with Gasteiger partial charge in [0.15, 0.2) is 0 Å². The molecule has 0 aromatic heterocycles. The third-order valence-corrected chi connectivity index (χ3v) is 3.91. The van der Waals surface area contributed by atoms with E-state index in [1.54, 1.807) is 7.11 Å². The van der Waals surface area contributed by atoms with Crippen LogP contribution in [0.4, 0.5) is 8.78 Å². The second-order valence-electron chi connectivity index (χ2n) is 5.49. The van der Waals surface area contributed by atoms with Crippen LogP contribution in [0.1, 0.15) is 23.2 Å². The molecule has 1 heterocycles. The van der Waals surface area contributed by atoms with Crippen LogP contribution in [0.2, 0.25) is 0 Å². The standard InChI is InChI=1S/C15H20F2N2O2/c1-21-10-15(4-6-18-7-5-15)9-19-14(20)12-8-11(16)2-3-13(12)17/h2-3,8,18H,4-7,9-10H2,1H3,(H,19,20). The molecule has 21 heavy (non-hydrogen) atoms. The fourth-order valence-electron chi connectivity index (χ4n) is 2.67. The summed E-state index contributed by atoms with van der Waals surface area (Å²) in [4.78, 5) is 12.0. The highest BCUT2D eigenvalue weighted by Crippen LogP contribution is 2.28. The Kier molecular flexibility index (Phi) is 5.25. The third kappa shape index (κ3) is 3.98. The lowest BCUT2D eigenvalue weighted by molar-refractivity contribution is 0.0511. The Labute approximate surface area is 122 Å². The van der Waals surface area contributed by atoms with Gasteiger partial charge < -0.3 is 15.4 Å². The van der Waals surface area contributed by atoms with Crippen molar-refractivity contribution in [1.82, 2.24) is 10.6 Å². The van der Waals surface area contributed by atoms with E-state index in [0.717, 1.165) is 44.1 Å². The fraction of sp³-hybridized carbons (Fsp3) is 0.533. The second-order valence-corrected chi connectivity index (χ2v) is 5.49. The molecule has 0 saturated carbocycles. The Morgan fingerprint density at radius 2 is 2.10 bits per heavy atom. The summed E-state index contributed by atoms with van der Waals surface area (Å²) < 4.78 is 31.9. The van der Waals surface area contributed by atoms with E-state index in [4.69, 9.17) is 4.74 Å². The average Bonchev–Trinajstić information content (AvgIpc) is 2.49. The SMILES string of the molecule is COCC1(CNC(=O)c2cc(F)ccc2F)CCNCC1. The van der Waals surface area contributed by atoms with Gasteiger partial charge in [0.1, 0.15) is 11.6 Å². The van der Waals surface area contributed by atoms with Crippen molar-refractivity contribution in [1.29, 1.82) is 0 Å². The quantitative estimate of drug-likeness (QED) is 0.870. The van der Waals surface area contributed by atoms with Crippen molar-refractivity contribution >= 4 is 5.91 Å². The van der Waals surface area contributed by atoms with E-state index in [9.17, 15) is 13.6 Å². The lowest BCUT2D eigenvalue weighted by Crippen LogP contribution is -2.47. The van der Waals surface area contributed by atoms with E-state index in [1.807, 2.05) is 0 Å². The molecule has 6 heteroatoms. The number of halogens is 2. The molecule has 1 fully saturated rings. The van der Waals surface area contributed by atoms with Gasteiger partial charge in [-0.15, -0.1) is 0 Å². The minimum atomic E-state index is -0.722.